The summed E-state index contributed by atoms with van der Waals surface area (Å²) in [5, 5.41) is 17.0. The minimum atomic E-state index is -0.528. The van der Waals surface area contributed by atoms with E-state index in [4.69, 9.17) is 0 Å². The van der Waals surface area contributed by atoms with Crippen LogP contribution in [0.25, 0.3) is 5.69 Å². The summed E-state index contributed by atoms with van der Waals surface area (Å²) in [5.41, 5.74) is 3.35. The molecular formula is C18H25N3O2. The van der Waals surface area contributed by atoms with E-state index in [0.717, 1.165) is 11.4 Å². The molecular weight excluding hydrogens is 290 g/mol. The summed E-state index contributed by atoms with van der Waals surface area (Å²) in [6.45, 7) is 8.26. The molecule has 0 saturated carbocycles. The number of rotatable bonds is 6. The summed E-state index contributed by atoms with van der Waals surface area (Å²) in [6.07, 6.45) is 0.135. The average Bonchev–Trinajstić information content (AvgIpc) is 2.87. The number of nitrogens with zero attached hydrogens (tertiary/aromatic N) is 2. The molecule has 0 fully saturated rings. The molecule has 1 amide bonds. The summed E-state index contributed by atoms with van der Waals surface area (Å²) >= 11 is 0. The smallest absolute Gasteiger partial charge is 0.271 e. The third-order valence-corrected chi connectivity index (χ3v) is 3.64. The standard InChI is InChI=1S/C18H25N3O2/c1-12(2)9-16(22)11-19-18(23)17-10-14(4)21(20-17)15-7-5-13(3)6-8-15/h5-8,10,12,16,22H,9,11H2,1-4H3,(H,19,23). The predicted molar refractivity (Wildman–Crippen MR) is 90.8 cm³/mol. The number of carbonyl (C=O) groups excluding carboxylic acids is 1. The molecule has 124 valence electrons. The highest BCUT2D eigenvalue weighted by molar-refractivity contribution is 5.92. The largest absolute Gasteiger partial charge is 0.391 e. The number of carbonyl (C=O) groups is 1. The van der Waals surface area contributed by atoms with Gasteiger partial charge in [0, 0.05) is 12.2 Å². The number of aliphatic hydroxyl groups is 1. The van der Waals surface area contributed by atoms with E-state index in [1.807, 2.05) is 52.0 Å². The fourth-order valence-corrected chi connectivity index (χ4v) is 2.46. The second-order valence-corrected chi connectivity index (χ2v) is 6.41. The highest BCUT2D eigenvalue weighted by Crippen LogP contribution is 2.13. The van der Waals surface area contributed by atoms with Gasteiger partial charge in [0.05, 0.1) is 11.8 Å². The Hall–Kier alpha value is -2.14. The summed E-state index contributed by atoms with van der Waals surface area (Å²) < 4.78 is 1.75. The van der Waals surface area contributed by atoms with Crippen molar-refractivity contribution in [2.75, 3.05) is 6.54 Å². The first-order valence-electron chi connectivity index (χ1n) is 7.96. The normalized spacial score (nSPS) is 12.4. The molecule has 0 aliphatic rings. The predicted octanol–water partition coefficient (Wildman–Crippen LogP) is 2.63. The van der Waals surface area contributed by atoms with Gasteiger partial charge in [-0.15, -0.1) is 0 Å². The Morgan fingerprint density at radius 2 is 1.91 bits per heavy atom. The number of aromatic nitrogens is 2. The molecule has 0 radical (unpaired) electrons. The zero-order valence-corrected chi connectivity index (χ0v) is 14.2. The monoisotopic (exact) mass is 315 g/mol. The zero-order chi connectivity index (χ0) is 17.0. The van der Waals surface area contributed by atoms with Crippen molar-refractivity contribution in [3.05, 3.63) is 47.3 Å². The van der Waals surface area contributed by atoms with E-state index in [1.165, 1.54) is 5.56 Å². The van der Waals surface area contributed by atoms with Gasteiger partial charge in [0.25, 0.3) is 5.91 Å². The van der Waals surface area contributed by atoms with E-state index in [-0.39, 0.29) is 12.5 Å². The van der Waals surface area contributed by atoms with Crippen LogP contribution in [0.1, 0.15) is 42.0 Å². The van der Waals surface area contributed by atoms with Gasteiger partial charge in [-0.3, -0.25) is 4.79 Å². The van der Waals surface area contributed by atoms with Gasteiger partial charge in [0.2, 0.25) is 0 Å². The van der Waals surface area contributed by atoms with Crippen molar-refractivity contribution >= 4 is 5.91 Å². The number of aryl methyl sites for hydroxylation is 2. The Balaban J connectivity index is 2.05. The molecule has 1 unspecified atom stereocenters. The molecule has 1 heterocycles. The maximum absolute atomic E-state index is 12.2. The molecule has 0 bridgehead atoms. The summed E-state index contributed by atoms with van der Waals surface area (Å²) in [7, 11) is 0. The van der Waals surface area contributed by atoms with Gasteiger partial charge >= 0.3 is 0 Å². The van der Waals surface area contributed by atoms with E-state index in [9.17, 15) is 9.90 Å². The Labute approximate surface area is 137 Å². The third kappa shape index (κ3) is 4.66. The molecule has 2 aromatic rings. The van der Waals surface area contributed by atoms with Crippen LogP contribution < -0.4 is 5.32 Å². The lowest BCUT2D eigenvalue weighted by atomic mass is 10.1. The molecule has 5 heteroatoms. The number of benzene rings is 1. The van der Waals surface area contributed by atoms with E-state index >= 15 is 0 Å². The average molecular weight is 315 g/mol. The van der Waals surface area contributed by atoms with Crippen molar-refractivity contribution in [2.24, 2.45) is 5.92 Å². The molecule has 0 aliphatic heterocycles. The molecule has 0 saturated heterocycles. The first-order chi connectivity index (χ1) is 10.9. The van der Waals surface area contributed by atoms with E-state index < -0.39 is 6.10 Å². The molecule has 0 aliphatic carbocycles. The lowest BCUT2D eigenvalue weighted by Crippen LogP contribution is -2.33. The van der Waals surface area contributed by atoms with E-state index in [2.05, 4.69) is 10.4 Å². The van der Waals surface area contributed by atoms with Crippen LogP contribution in [-0.2, 0) is 0 Å². The number of nitrogens with one attached hydrogen (secondary N) is 1. The van der Waals surface area contributed by atoms with Gasteiger partial charge in [-0.2, -0.15) is 5.10 Å². The van der Waals surface area contributed by atoms with Gasteiger partial charge in [-0.05, 0) is 44.4 Å². The van der Waals surface area contributed by atoms with Crippen LogP contribution in [0.3, 0.4) is 0 Å². The van der Waals surface area contributed by atoms with Crippen LogP contribution in [0, 0.1) is 19.8 Å². The van der Waals surface area contributed by atoms with Crippen molar-refractivity contribution in [3.8, 4) is 5.69 Å². The second-order valence-electron chi connectivity index (χ2n) is 6.41. The number of hydrogen-bond acceptors (Lipinski definition) is 3. The zero-order valence-electron chi connectivity index (χ0n) is 14.2. The third-order valence-electron chi connectivity index (χ3n) is 3.64. The van der Waals surface area contributed by atoms with Crippen LogP contribution in [0.15, 0.2) is 30.3 Å². The SMILES string of the molecule is Cc1ccc(-n2nc(C(=O)NCC(O)CC(C)C)cc2C)cc1. The van der Waals surface area contributed by atoms with Crippen molar-refractivity contribution in [1.82, 2.24) is 15.1 Å². The Kier molecular flexibility index (Phi) is 5.55. The minimum Gasteiger partial charge on any atom is -0.391 e. The Morgan fingerprint density at radius 1 is 1.26 bits per heavy atom. The maximum atomic E-state index is 12.2. The first-order valence-corrected chi connectivity index (χ1v) is 7.96. The van der Waals surface area contributed by atoms with Gasteiger partial charge in [0.15, 0.2) is 5.69 Å². The lowest BCUT2D eigenvalue weighted by molar-refractivity contribution is 0.0895. The highest BCUT2D eigenvalue weighted by Gasteiger charge is 2.15. The maximum Gasteiger partial charge on any atom is 0.271 e. The minimum absolute atomic E-state index is 0.244. The van der Waals surface area contributed by atoms with Crippen LogP contribution in [0.4, 0.5) is 0 Å². The lowest BCUT2D eigenvalue weighted by Gasteiger charge is -2.13. The van der Waals surface area contributed by atoms with Crippen LogP contribution in [0.2, 0.25) is 0 Å². The van der Waals surface area contributed by atoms with Gasteiger partial charge in [-0.1, -0.05) is 31.5 Å². The van der Waals surface area contributed by atoms with Crippen LogP contribution >= 0.6 is 0 Å². The number of amides is 1. The molecule has 1 atom stereocenters. The Morgan fingerprint density at radius 3 is 2.52 bits per heavy atom. The molecule has 2 rings (SSSR count). The topological polar surface area (TPSA) is 67.2 Å². The van der Waals surface area contributed by atoms with Crippen LogP contribution in [0.5, 0.6) is 0 Å². The van der Waals surface area contributed by atoms with Crippen molar-refractivity contribution in [1.29, 1.82) is 0 Å². The highest BCUT2D eigenvalue weighted by atomic mass is 16.3. The van der Waals surface area contributed by atoms with Crippen molar-refractivity contribution < 1.29 is 9.90 Å². The van der Waals surface area contributed by atoms with Crippen LogP contribution in [-0.4, -0.2) is 33.4 Å². The van der Waals surface area contributed by atoms with E-state index in [0.29, 0.717) is 18.0 Å². The summed E-state index contributed by atoms with van der Waals surface area (Å²) in [6, 6.07) is 9.73. The molecule has 0 spiro atoms. The number of aliphatic hydroxyl groups excluding tert-OH is 1. The first kappa shape index (κ1) is 17.2. The second kappa shape index (κ2) is 7.42. The van der Waals surface area contributed by atoms with Gasteiger partial charge in [-0.25, -0.2) is 4.68 Å². The van der Waals surface area contributed by atoms with Gasteiger partial charge in [0.1, 0.15) is 0 Å². The molecule has 1 aromatic carbocycles. The van der Waals surface area contributed by atoms with Crippen molar-refractivity contribution in [3.63, 3.8) is 0 Å². The summed E-state index contributed by atoms with van der Waals surface area (Å²) in [4.78, 5) is 12.2. The molecule has 2 N–H and O–H groups in total. The molecule has 1 aromatic heterocycles. The van der Waals surface area contributed by atoms with Crippen molar-refractivity contribution in [2.45, 2.75) is 40.2 Å². The fourth-order valence-electron chi connectivity index (χ4n) is 2.46. The summed E-state index contributed by atoms with van der Waals surface area (Å²) in [5.74, 6) is 0.131. The van der Waals surface area contributed by atoms with Gasteiger partial charge < -0.3 is 10.4 Å². The quantitative estimate of drug-likeness (QED) is 0.861. The Bertz CT molecular complexity index is 659. The molecule has 5 nitrogen and oxygen atoms in total. The molecule has 23 heavy (non-hydrogen) atoms. The number of hydrogen-bond donors (Lipinski definition) is 2. The fraction of sp³-hybridized carbons (Fsp3) is 0.444. The van der Waals surface area contributed by atoms with E-state index in [1.54, 1.807) is 10.7 Å².